The third-order valence-electron chi connectivity index (χ3n) is 5.36. The number of aromatic nitrogens is 3. The van der Waals surface area contributed by atoms with Crippen LogP contribution in [-0.2, 0) is 17.6 Å². The number of hydrogen-bond donors (Lipinski definition) is 2. The van der Waals surface area contributed by atoms with E-state index in [2.05, 4.69) is 26.2 Å². The summed E-state index contributed by atoms with van der Waals surface area (Å²) in [6, 6.07) is 16.7. The Morgan fingerprint density at radius 3 is 2.44 bits per heavy atom. The van der Waals surface area contributed by atoms with Crippen LogP contribution in [0.1, 0.15) is 41.6 Å². The lowest BCUT2D eigenvalue weighted by molar-refractivity contribution is -0.118. The standard InChI is InChI=1S/C25H24BrN5O3/c1-14(2)31-24(27)22(25(28)33)23(29-31)16-8-6-15(7-9-16)10-19(32)12-20-13-21(30-34-20)17-4-3-5-18(26)11-17/h3-9,11,13-14H,10,12,27H2,1-2H3,(H2,28,33). The van der Waals surface area contributed by atoms with E-state index < -0.39 is 5.91 Å². The molecule has 2 aromatic carbocycles. The van der Waals surface area contributed by atoms with Gasteiger partial charge < -0.3 is 16.0 Å². The summed E-state index contributed by atoms with van der Waals surface area (Å²) in [5, 5.41) is 8.55. The molecule has 0 fully saturated rings. The van der Waals surface area contributed by atoms with Crippen LogP contribution in [0.4, 0.5) is 5.82 Å². The molecule has 0 saturated carbocycles. The summed E-state index contributed by atoms with van der Waals surface area (Å²) in [6.07, 6.45) is 0.377. The van der Waals surface area contributed by atoms with Gasteiger partial charge in [0.25, 0.3) is 5.91 Å². The number of ketones is 1. The van der Waals surface area contributed by atoms with Crippen molar-refractivity contribution >= 4 is 33.4 Å². The van der Waals surface area contributed by atoms with Crippen molar-refractivity contribution in [1.29, 1.82) is 0 Å². The van der Waals surface area contributed by atoms with Crippen molar-refractivity contribution in [1.82, 2.24) is 14.9 Å². The van der Waals surface area contributed by atoms with Gasteiger partial charge in [-0.05, 0) is 31.5 Å². The smallest absolute Gasteiger partial charge is 0.254 e. The molecule has 0 aliphatic carbocycles. The molecule has 34 heavy (non-hydrogen) atoms. The largest absolute Gasteiger partial charge is 0.383 e. The van der Waals surface area contributed by atoms with Gasteiger partial charge in [0, 0.05) is 34.1 Å². The van der Waals surface area contributed by atoms with Crippen LogP contribution in [0, 0.1) is 0 Å². The third-order valence-corrected chi connectivity index (χ3v) is 5.86. The van der Waals surface area contributed by atoms with Crippen molar-refractivity contribution < 1.29 is 14.1 Å². The number of halogens is 1. The van der Waals surface area contributed by atoms with Crippen molar-refractivity contribution in [2.45, 2.75) is 32.7 Å². The average Bonchev–Trinajstić information content (AvgIpc) is 3.38. The van der Waals surface area contributed by atoms with Crippen LogP contribution >= 0.6 is 15.9 Å². The summed E-state index contributed by atoms with van der Waals surface area (Å²) in [5.74, 6) is 0.118. The van der Waals surface area contributed by atoms with Crippen molar-refractivity contribution in [3.05, 3.63) is 76.0 Å². The molecule has 0 saturated heterocycles. The highest BCUT2D eigenvalue weighted by Crippen LogP contribution is 2.29. The number of nitrogens with two attached hydrogens (primary N) is 2. The van der Waals surface area contributed by atoms with Crippen molar-refractivity contribution in [2.24, 2.45) is 5.73 Å². The number of amides is 1. The predicted molar refractivity (Wildman–Crippen MR) is 133 cm³/mol. The number of nitrogens with zero attached hydrogens (tertiary/aromatic N) is 3. The van der Waals surface area contributed by atoms with Gasteiger partial charge in [-0.1, -0.05) is 57.5 Å². The molecule has 2 aromatic heterocycles. The van der Waals surface area contributed by atoms with Crippen molar-refractivity contribution in [2.75, 3.05) is 5.73 Å². The van der Waals surface area contributed by atoms with Crippen LogP contribution < -0.4 is 11.5 Å². The first-order valence-corrected chi connectivity index (χ1v) is 11.5. The highest BCUT2D eigenvalue weighted by atomic mass is 79.9. The molecule has 174 valence electrons. The lowest BCUT2D eigenvalue weighted by atomic mass is 10.0. The minimum absolute atomic E-state index is 0.00385. The highest BCUT2D eigenvalue weighted by molar-refractivity contribution is 9.10. The summed E-state index contributed by atoms with van der Waals surface area (Å²) in [6.45, 7) is 3.84. The van der Waals surface area contributed by atoms with E-state index in [0.717, 1.165) is 15.6 Å². The molecule has 0 atom stereocenters. The van der Waals surface area contributed by atoms with Gasteiger partial charge in [-0.2, -0.15) is 5.10 Å². The zero-order valence-electron chi connectivity index (χ0n) is 18.8. The molecule has 0 spiro atoms. The molecule has 4 rings (SSSR count). The van der Waals surface area contributed by atoms with Crippen LogP contribution in [0.15, 0.2) is 63.6 Å². The first kappa shape index (κ1) is 23.4. The average molecular weight is 522 g/mol. The number of anilines is 1. The van der Waals surface area contributed by atoms with Crippen LogP contribution in [0.25, 0.3) is 22.5 Å². The molecular formula is C25H24BrN5O3. The molecule has 4 N–H and O–H groups in total. The van der Waals surface area contributed by atoms with Gasteiger partial charge in [0.05, 0.1) is 6.42 Å². The molecule has 8 nitrogen and oxygen atoms in total. The maximum atomic E-state index is 12.6. The molecule has 0 aliphatic rings. The second-order valence-electron chi connectivity index (χ2n) is 8.29. The summed E-state index contributed by atoms with van der Waals surface area (Å²) in [4.78, 5) is 24.6. The van der Waals surface area contributed by atoms with Crippen LogP contribution in [0.5, 0.6) is 0 Å². The Kier molecular flexibility index (Phi) is 6.65. The van der Waals surface area contributed by atoms with E-state index in [0.29, 0.717) is 22.7 Å². The van der Waals surface area contributed by atoms with Crippen LogP contribution in [0.3, 0.4) is 0 Å². The molecule has 4 aromatic rings. The van der Waals surface area contributed by atoms with Gasteiger partial charge in [-0.3, -0.25) is 9.59 Å². The number of carbonyl (C=O) groups is 2. The predicted octanol–water partition coefficient (Wildman–Crippen LogP) is 4.58. The Morgan fingerprint density at radius 2 is 1.79 bits per heavy atom. The van der Waals surface area contributed by atoms with Gasteiger partial charge in [0.1, 0.15) is 34.3 Å². The normalized spacial score (nSPS) is 11.2. The fourth-order valence-corrected chi connectivity index (χ4v) is 4.13. The Labute approximate surface area is 205 Å². The van der Waals surface area contributed by atoms with Crippen molar-refractivity contribution in [3.8, 4) is 22.5 Å². The molecule has 0 bridgehead atoms. The van der Waals surface area contributed by atoms with E-state index in [4.69, 9.17) is 16.0 Å². The molecule has 0 aliphatic heterocycles. The number of carbonyl (C=O) groups excluding carboxylic acids is 2. The van der Waals surface area contributed by atoms with Crippen LogP contribution in [-0.4, -0.2) is 26.6 Å². The first-order valence-electron chi connectivity index (χ1n) is 10.7. The molecule has 9 heteroatoms. The maximum Gasteiger partial charge on any atom is 0.254 e. The summed E-state index contributed by atoms with van der Waals surface area (Å²) < 4.78 is 7.88. The lowest BCUT2D eigenvalue weighted by Crippen LogP contribution is -2.15. The number of nitrogen functional groups attached to an aromatic ring is 1. The van der Waals surface area contributed by atoms with Gasteiger partial charge in [-0.25, -0.2) is 4.68 Å². The SMILES string of the molecule is CC(C)n1nc(-c2ccc(CC(=O)Cc3cc(-c4cccc(Br)c4)no3)cc2)c(C(N)=O)c1N. The number of rotatable bonds is 8. The molecule has 0 radical (unpaired) electrons. The molecular weight excluding hydrogens is 498 g/mol. The Bertz CT molecular complexity index is 1360. The topological polar surface area (TPSA) is 130 Å². The molecule has 0 unspecified atom stereocenters. The second-order valence-corrected chi connectivity index (χ2v) is 9.21. The summed E-state index contributed by atoms with van der Waals surface area (Å²) in [7, 11) is 0. The molecule has 2 heterocycles. The maximum absolute atomic E-state index is 12.6. The van der Waals surface area contributed by atoms with E-state index in [1.807, 2.05) is 50.2 Å². The minimum atomic E-state index is -0.632. The van der Waals surface area contributed by atoms with E-state index in [1.54, 1.807) is 22.9 Å². The van der Waals surface area contributed by atoms with E-state index in [-0.39, 0.29) is 36.0 Å². The number of hydrogen-bond acceptors (Lipinski definition) is 6. The summed E-state index contributed by atoms with van der Waals surface area (Å²) >= 11 is 3.44. The third kappa shape index (κ3) is 4.94. The van der Waals surface area contributed by atoms with E-state index in [9.17, 15) is 9.59 Å². The Balaban J connectivity index is 1.46. The first-order chi connectivity index (χ1) is 16.2. The fourth-order valence-electron chi connectivity index (χ4n) is 3.73. The van der Waals surface area contributed by atoms with Gasteiger partial charge in [0.15, 0.2) is 0 Å². The number of benzene rings is 2. The quantitative estimate of drug-likeness (QED) is 0.348. The fraction of sp³-hybridized carbons (Fsp3) is 0.200. The lowest BCUT2D eigenvalue weighted by Gasteiger charge is -2.06. The number of primary amides is 1. The van der Waals surface area contributed by atoms with Gasteiger partial charge >= 0.3 is 0 Å². The minimum Gasteiger partial charge on any atom is -0.383 e. The number of Topliss-reactive ketones (excluding diaryl/α,β-unsaturated/α-hetero) is 1. The Morgan fingerprint density at radius 1 is 1.06 bits per heavy atom. The van der Waals surface area contributed by atoms with Crippen LogP contribution in [0.2, 0.25) is 0 Å². The Hall–Kier alpha value is -3.72. The van der Waals surface area contributed by atoms with Gasteiger partial charge in [-0.15, -0.1) is 0 Å². The monoisotopic (exact) mass is 521 g/mol. The highest BCUT2D eigenvalue weighted by Gasteiger charge is 2.22. The molecule has 1 amide bonds. The van der Waals surface area contributed by atoms with E-state index >= 15 is 0 Å². The van der Waals surface area contributed by atoms with Crippen molar-refractivity contribution in [3.63, 3.8) is 0 Å². The summed E-state index contributed by atoms with van der Waals surface area (Å²) in [5.41, 5.74) is 15.4. The van der Waals surface area contributed by atoms with Gasteiger partial charge in [0.2, 0.25) is 0 Å². The second kappa shape index (κ2) is 9.64. The van der Waals surface area contributed by atoms with E-state index in [1.165, 1.54) is 0 Å². The zero-order chi connectivity index (χ0) is 24.4. The zero-order valence-corrected chi connectivity index (χ0v) is 20.4.